The second-order valence-corrected chi connectivity index (χ2v) is 4.32. The molecule has 0 fully saturated rings. The molecule has 1 aromatic carbocycles. The number of aliphatic hydroxyl groups is 1. The molecule has 108 valence electrons. The number of rotatable bonds is 5. The molecule has 0 aromatic heterocycles. The van der Waals surface area contributed by atoms with E-state index in [4.69, 9.17) is 10.4 Å². The number of benzene rings is 1. The van der Waals surface area contributed by atoms with Crippen LogP contribution in [0.4, 0.5) is 11.4 Å². The van der Waals surface area contributed by atoms with Crippen LogP contribution in [-0.4, -0.2) is 42.0 Å². The van der Waals surface area contributed by atoms with E-state index in [0.717, 1.165) is 4.90 Å². The molecule has 21 heavy (non-hydrogen) atoms. The van der Waals surface area contributed by atoms with Crippen molar-refractivity contribution in [3.63, 3.8) is 0 Å². The minimum Gasteiger partial charge on any atom is -0.395 e. The van der Waals surface area contributed by atoms with Gasteiger partial charge < -0.3 is 15.7 Å². The number of nitrogens with zero attached hydrogens (tertiary/aromatic N) is 2. The van der Waals surface area contributed by atoms with E-state index in [1.165, 1.54) is 6.08 Å². The fraction of sp³-hybridized carbons (Fsp3) is 0.214. The highest BCUT2D eigenvalue weighted by Gasteiger charge is 2.30. The van der Waals surface area contributed by atoms with Crippen LogP contribution in [0, 0.1) is 11.3 Å². The molecular weight excluding hydrogens is 272 g/mol. The van der Waals surface area contributed by atoms with Gasteiger partial charge in [-0.15, -0.1) is 0 Å². The van der Waals surface area contributed by atoms with Crippen LogP contribution in [0.3, 0.4) is 0 Å². The van der Waals surface area contributed by atoms with Crippen molar-refractivity contribution in [2.24, 2.45) is 0 Å². The Balaban J connectivity index is 2.20. The maximum atomic E-state index is 12.0. The molecule has 0 saturated carbocycles. The number of nitriles is 1. The van der Waals surface area contributed by atoms with Gasteiger partial charge >= 0.3 is 0 Å². The predicted molar refractivity (Wildman–Crippen MR) is 76.2 cm³/mol. The highest BCUT2D eigenvalue weighted by molar-refractivity contribution is 6.17. The van der Waals surface area contributed by atoms with Crippen LogP contribution in [0.15, 0.2) is 30.0 Å². The summed E-state index contributed by atoms with van der Waals surface area (Å²) < 4.78 is 0. The van der Waals surface area contributed by atoms with Gasteiger partial charge in [0.05, 0.1) is 24.4 Å². The third kappa shape index (κ3) is 2.85. The summed E-state index contributed by atoms with van der Waals surface area (Å²) in [6.45, 7) is -0.324. The Morgan fingerprint density at radius 2 is 2.14 bits per heavy atom. The van der Waals surface area contributed by atoms with Gasteiger partial charge in [0.25, 0.3) is 11.8 Å². The molecule has 2 rings (SSSR count). The molecule has 0 aliphatic carbocycles. The van der Waals surface area contributed by atoms with Crippen LogP contribution in [-0.2, 0) is 9.59 Å². The zero-order valence-corrected chi connectivity index (χ0v) is 11.4. The van der Waals surface area contributed by atoms with E-state index in [2.05, 4.69) is 10.6 Å². The Hall–Kier alpha value is -2.85. The molecule has 0 unspecified atom stereocenters. The van der Waals surface area contributed by atoms with Gasteiger partial charge in [-0.2, -0.15) is 5.26 Å². The highest BCUT2D eigenvalue weighted by Crippen LogP contribution is 2.22. The van der Waals surface area contributed by atoms with Crippen molar-refractivity contribution in [2.45, 2.75) is 0 Å². The quantitative estimate of drug-likeness (QED) is 0.670. The molecule has 7 nitrogen and oxygen atoms in total. The molecule has 3 N–H and O–H groups in total. The van der Waals surface area contributed by atoms with Crippen molar-refractivity contribution < 1.29 is 14.7 Å². The summed E-state index contributed by atoms with van der Waals surface area (Å²) in [5, 5.41) is 23.6. The monoisotopic (exact) mass is 286 g/mol. The fourth-order valence-electron chi connectivity index (χ4n) is 2.00. The molecule has 1 heterocycles. The lowest BCUT2D eigenvalue weighted by Crippen LogP contribution is -2.34. The first-order valence-electron chi connectivity index (χ1n) is 6.28. The predicted octanol–water partition coefficient (Wildman–Crippen LogP) is 0.257. The van der Waals surface area contributed by atoms with Gasteiger partial charge in [-0.05, 0) is 18.2 Å². The standard InChI is InChI=1S/C14H14N4O3/c1-16-11-3-2-10(6-9(11)8-15)17-12-7-13(20)18(4-5-19)14(12)21/h2-3,6-7,16-17,19H,4-5H2,1H3. The molecule has 0 bridgehead atoms. The number of amides is 2. The first-order chi connectivity index (χ1) is 10.1. The van der Waals surface area contributed by atoms with Crippen molar-refractivity contribution in [1.29, 1.82) is 5.26 Å². The summed E-state index contributed by atoms with van der Waals surface area (Å²) in [5.41, 5.74) is 1.75. The molecule has 1 aromatic rings. The SMILES string of the molecule is CNc1ccc(NC2=CC(=O)N(CCO)C2=O)cc1C#N. The van der Waals surface area contributed by atoms with E-state index in [0.29, 0.717) is 16.9 Å². The van der Waals surface area contributed by atoms with Crippen LogP contribution >= 0.6 is 0 Å². The maximum Gasteiger partial charge on any atom is 0.277 e. The maximum absolute atomic E-state index is 12.0. The van der Waals surface area contributed by atoms with Crippen molar-refractivity contribution in [1.82, 2.24) is 4.90 Å². The second kappa shape index (κ2) is 6.07. The smallest absolute Gasteiger partial charge is 0.277 e. The summed E-state index contributed by atoms with van der Waals surface area (Å²) >= 11 is 0. The lowest BCUT2D eigenvalue weighted by molar-refractivity contribution is -0.137. The lowest BCUT2D eigenvalue weighted by atomic mass is 10.1. The van der Waals surface area contributed by atoms with Gasteiger partial charge in [-0.25, -0.2) is 0 Å². The van der Waals surface area contributed by atoms with Gasteiger partial charge in [0.1, 0.15) is 11.8 Å². The highest BCUT2D eigenvalue weighted by atomic mass is 16.3. The van der Waals surface area contributed by atoms with E-state index >= 15 is 0 Å². The summed E-state index contributed by atoms with van der Waals surface area (Å²) in [7, 11) is 1.71. The summed E-state index contributed by atoms with van der Waals surface area (Å²) in [6.07, 6.45) is 1.18. The van der Waals surface area contributed by atoms with Crippen LogP contribution in [0.2, 0.25) is 0 Å². The van der Waals surface area contributed by atoms with Crippen LogP contribution < -0.4 is 10.6 Å². The van der Waals surface area contributed by atoms with Crippen molar-refractivity contribution in [2.75, 3.05) is 30.8 Å². The van der Waals surface area contributed by atoms with Crippen molar-refractivity contribution in [3.8, 4) is 6.07 Å². The van der Waals surface area contributed by atoms with Gasteiger partial charge in [0, 0.05) is 18.8 Å². The molecule has 0 radical (unpaired) electrons. The zero-order valence-electron chi connectivity index (χ0n) is 11.4. The van der Waals surface area contributed by atoms with Crippen LogP contribution in [0.1, 0.15) is 5.56 Å². The molecule has 1 aliphatic heterocycles. The summed E-state index contributed by atoms with van der Waals surface area (Å²) in [5.74, 6) is -0.964. The molecule has 2 amide bonds. The molecule has 7 heteroatoms. The first-order valence-corrected chi connectivity index (χ1v) is 6.28. The average Bonchev–Trinajstić information content (AvgIpc) is 2.75. The molecular formula is C14H14N4O3. The Morgan fingerprint density at radius 1 is 1.38 bits per heavy atom. The van der Waals surface area contributed by atoms with Gasteiger partial charge in [-0.1, -0.05) is 0 Å². The molecule has 0 atom stereocenters. The van der Waals surface area contributed by atoms with Gasteiger partial charge in [-0.3, -0.25) is 14.5 Å². The third-order valence-electron chi connectivity index (χ3n) is 3.02. The number of β-amino-alcohol motifs (C(OH)–C–C–N with tert-alkyl or cyclic N) is 1. The second-order valence-electron chi connectivity index (χ2n) is 4.32. The minimum atomic E-state index is -0.495. The topological polar surface area (TPSA) is 105 Å². The Labute approximate surface area is 121 Å². The van der Waals surface area contributed by atoms with E-state index < -0.39 is 11.8 Å². The van der Waals surface area contributed by atoms with Gasteiger partial charge in [0.15, 0.2) is 0 Å². The lowest BCUT2D eigenvalue weighted by Gasteiger charge is -2.13. The Kier molecular flexibility index (Phi) is 4.21. The molecule has 0 saturated heterocycles. The number of nitrogens with one attached hydrogen (secondary N) is 2. The zero-order chi connectivity index (χ0) is 15.4. The third-order valence-corrected chi connectivity index (χ3v) is 3.02. The average molecular weight is 286 g/mol. The van der Waals surface area contributed by atoms with Crippen LogP contribution in [0.25, 0.3) is 0 Å². The van der Waals surface area contributed by atoms with Crippen molar-refractivity contribution >= 4 is 23.2 Å². The number of anilines is 2. The Morgan fingerprint density at radius 3 is 2.76 bits per heavy atom. The normalized spacial score (nSPS) is 14.0. The largest absolute Gasteiger partial charge is 0.395 e. The molecule has 1 aliphatic rings. The van der Waals surface area contributed by atoms with Crippen molar-refractivity contribution in [3.05, 3.63) is 35.5 Å². The molecule has 0 spiro atoms. The van der Waals surface area contributed by atoms with E-state index in [1.54, 1.807) is 25.2 Å². The number of carbonyl (C=O) groups excluding carboxylic acids is 2. The van der Waals surface area contributed by atoms with Crippen LogP contribution in [0.5, 0.6) is 0 Å². The van der Waals surface area contributed by atoms with Gasteiger partial charge in [0.2, 0.25) is 0 Å². The number of hydrogen-bond donors (Lipinski definition) is 3. The van der Waals surface area contributed by atoms with E-state index in [-0.39, 0.29) is 18.8 Å². The minimum absolute atomic E-state index is 0.0402. The van der Waals surface area contributed by atoms with E-state index in [9.17, 15) is 9.59 Å². The summed E-state index contributed by atoms with van der Waals surface area (Å²) in [4.78, 5) is 24.5. The first kappa shape index (κ1) is 14.6. The fourth-order valence-corrected chi connectivity index (χ4v) is 2.00. The Bertz CT molecular complexity index is 661. The van der Waals surface area contributed by atoms with E-state index in [1.807, 2.05) is 6.07 Å². The summed E-state index contributed by atoms with van der Waals surface area (Å²) in [6, 6.07) is 7.02. The number of hydrogen-bond acceptors (Lipinski definition) is 6. The number of imide groups is 1. The number of carbonyl (C=O) groups is 2. The number of aliphatic hydroxyl groups excluding tert-OH is 1.